The van der Waals surface area contributed by atoms with E-state index < -0.39 is 23.8 Å². The Labute approximate surface area is 250 Å². The SMILES string of the molecule is [Cl][Ni].c1ccc([PH+](CC[PH+](c2ccccc2)c2ccccc2)CC[PH+](c2ccccc2)c2ccccc2)cc1. The summed E-state index contributed by atoms with van der Waals surface area (Å²) in [5.41, 5.74) is 0. The van der Waals surface area contributed by atoms with Gasteiger partial charge in [-0.1, -0.05) is 91.0 Å². The molecule has 0 atom stereocenters. The van der Waals surface area contributed by atoms with Crippen LogP contribution in [-0.2, 0) is 14.6 Å². The molecule has 0 heterocycles. The van der Waals surface area contributed by atoms with Crippen LogP contribution < -0.4 is 26.5 Å². The van der Waals surface area contributed by atoms with Gasteiger partial charge >= 0.3 is 24.8 Å². The molecule has 0 nitrogen and oxygen atoms in total. The predicted molar refractivity (Wildman–Crippen MR) is 181 cm³/mol. The molecule has 0 aliphatic heterocycles. The molecule has 0 bridgehead atoms. The summed E-state index contributed by atoms with van der Waals surface area (Å²) in [5, 5.41) is 7.73. The van der Waals surface area contributed by atoms with Crippen LogP contribution in [0.5, 0.6) is 0 Å². The van der Waals surface area contributed by atoms with Crippen LogP contribution in [0.2, 0.25) is 0 Å². The van der Waals surface area contributed by atoms with Crippen molar-refractivity contribution in [1.82, 2.24) is 0 Å². The number of hydrogen-bond acceptors (Lipinski definition) is 0. The van der Waals surface area contributed by atoms with Gasteiger partial charge in [-0.25, -0.2) is 0 Å². The van der Waals surface area contributed by atoms with Crippen LogP contribution in [-0.4, -0.2) is 24.6 Å². The van der Waals surface area contributed by atoms with Crippen LogP contribution in [0.4, 0.5) is 0 Å². The number of rotatable bonds is 11. The van der Waals surface area contributed by atoms with Gasteiger partial charge in [0.15, 0.2) is 0 Å². The molecule has 0 saturated carbocycles. The van der Waals surface area contributed by atoms with Gasteiger partial charge in [-0.2, -0.15) is 0 Å². The first-order valence-electron chi connectivity index (χ1n) is 13.3. The molecule has 5 aromatic carbocycles. The van der Waals surface area contributed by atoms with Crippen molar-refractivity contribution in [2.75, 3.05) is 24.6 Å². The zero-order valence-corrected chi connectivity index (χ0v) is 26.7. The first-order valence-corrected chi connectivity index (χ1v) is 20.0. The van der Waals surface area contributed by atoms with Crippen molar-refractivity contribution in [2.24, 2.45) is 0 Å². The molecule has 0 amide bonds. The summed E-state index contributed by atoms with van der Waals surface area (Å²) in [7, 11) is 1.96. The Morgan fingerprint density at radius 2 is 0.564 bits per heavy atom. The van der Waals surface area contributed by atoms with Crippen LogP contribution >= 0.6 is 34.0 Å². The summed E-state index contributed by atoms with van der Waals surface area (Å²) >= 11 is 3.35. The molecular formula is C34H36ClNiP3+3. The monoisotopic (exact) mass is 630 g/mol. The van der Waals surface area contributed by atoms with Crippen LogP contribution in [0.15, 0.2) is 152 Å². The van der Waals surface area contributed by atoms with E-state index in [1.54, 1.807) is 5.30 Å². The number of hydrogen-bond donors (Lipinski definition) is 0. The smallest absolute Gasteiger partial charge is 0.0620 e. The largest absolute Gasteiger partial charge is 0.100 e. The maximum absolute atomic E-state index is 4.26. The average Bonchev–Trinajstić information content (AvgIpc) is 3.04. The van der Waals surface area contributed by atoms with Crippen molar-refractivity contribution in [3.63, 3.8) is 0 Å². The minimum atomic E-state index is -0.809. The van der Waals surface area contributed by atoms with E-state index in [0.29, 0.717) is 0 Å². The minimum absolute atomic E-state index is 0.689. The summed E-state index contributed by atoms with van der Waals surface area (Å²) in [6.45, 7) is 0. The first kappa shape index (κ1) is 30.1. The fourth-order valence-electron chi connectivity index (χ4n) is 5.11. The third-order valence-corrected chi connectivity index (χ3v) is 16.5. The average molecular weight is 632 g/mol. The van der Waals surface area contributed by atoms with Gasteiger partial charge in [0.1, 0.15) is 12.3 Å². The summed E-state index contributed by atoms with van der Waals surface area (Å²) < 4.78 is 0. The van der Waals surface area contributed by atoms with Crippen molar-refractivity contribution in [3.05, 3.63) is 152 Å². The molecule has 39 heavy (non-hydrogen) atoms. The second-order valence-corrected chi connectivity index (χ2v) is 17.4. The Balaban J connectivity index is 0.00000172. The molecular weight excluding hydrogens is 595 g/mol. The van der Waals surface area contributed by atoms with E-state index in [1.807, 2.05) is 0 Å². The van der Waals surface area contributed by atoms with Gasteiger partial charge in [0.2, 0.25) is 0 Å². The Hall–Kier alpha value is -1.83. The summed E-state index contributed by atoms with van der Waals surface area (Å²) in [5.74, 6) is 0. The van der Waals surface area contributed by atoms with Gasteiger partial charge in [0.25, 0.3) is 0 Å². The topological polar surface area (TPSA) is 0 Å². The fourth-order valence-corrected chi connectivity index (χ4v) is 15.2. The molecule has 201 valence electrons. The Kier molecular flexibility index (Phi) is 13.2. The zero-order chi connectivity index (χ0) is 27.1. The second-order valence-electron chi connectivity index (χ2n) is 9.39. The molecule has 5 heteroatoms. The summed E-state index contributed by atoms with van der Waals surface area (Å²) in [4.78, 5) is 0. The van der Waals surface area contributed by atoms with Crippen molar-refractivity contribution in [2.45, 2.75) is 0 Å². The van der Waals surface area contributed by atoms with E-state index >= 15 is 0 Å². The van der Waals surface area contributed by atoms with Crippen molar-refractivity contribution < 1.29 is 14.6 Å². The standard InChI is InChI=1S/C34H33P3.ClH.Ni/c1-6-16-30(17-7-1)35(26-28-36(31-18-8-2-9-19-31)32-20-10-3-11-21-32)27-29-37(33-22-12-4-13-23-33)34-24-14-5-15-25-34;;/h1-25H,26-29H2;1H;/q;;+1/p+2. The van der Waals surface area contributed by atoms with Gasteiger partial charge in [-0.05, 0) is 60.7 Å². The van der Waals surface area contributed by atoms with E-state index in [-0.39, 0.29) is 0 Å². The number of halogens is 1. The molecule has 0 aromatic heterocycles. The normalized spacial score (nSPS) is 10.9. The maximum atomic E-state index is 4.26. The predicted octanol–water partition coefficient (Wildman–Crippen LogP) is 6.94. The minimum Gasteiger partial charge on any atom is -0.0620 e. The Bertz CT molecular complexity index is 1160. The van der Waals surface area contributed by atoms with Gasteiger partial charge in [0, 0.05) is 7.92 Å². The molecule has 0 spiro atoms. The number of benzene rings is 5. The van der Waals surface area contributed by atoms with Crippen molar-refractivity contribution in [1.29, 1.82) is 0 Å². The fraction of sp³-hybridized carbons (Fsp3) is 0.118. The molecule has 0 aliphatic carbocycles. The van der Waals surface area contributed by atoms with Crippen molar-refractivity contribution >= 4 is 60.5 Å². The van der Waals surface area contributed by atoms with E-state index in [0.717, 1.165) is 0 Å². The molecule has 5 aromatic rings. The van der Waals surface area contributed by atoms with Crippen molar-refractivity contribution in [3.8, 4) is 0 Å². The molecule has 0 radical (unpaired) electrons. The molecule has 0 N–H and O–H groups in total. The van der Waals surface area contributed by atoms with Gasteiger partial charge in [0.05, 0.1) is 54.7 Å². The maximum Gasteiger partial charge on any atom is 0.100 e. The summed E-state index contributed by atoms with van der Waals surface area (Å²) in [6.07, 6.45) is 5.23. The molecule has 5 rings (SSSR count). The second kappa shape index (κ2) is 17.1. The van der Waals surface area contributed by atoms with Gasteiger partial charge in [-0.15, -0.1) is 0 Å². The van der Waals surface area contributed by atoms with E-state index in [1.165, 1.54) is 45.9 Å². The van der Waals surface area contributed by atoms with Crippen LogP contribution in [0, 0.1) is 0 Å². The van der Waals surface area contributed by atoms with Gasteiger partial charge in [-0.3, -0.25) is 0 Å². The molecule has 0 aliphatic rings. The molecule has 0 saturated heterocycles. The van der Waals surface area contributed by atoms with Crippen LogP contribution in [0.25, 0.3) is 0 Å². The van der Waals surface area contributed by atoms with E-state index in [4.69, 9.17) is 0 Å². The van der Waals surface area contributed by atoms with Crippen LogP contribution in [0.3, 0.4) is 0 Å². The van der Waals surface area contributed by atoms with E-state index in [9.17, 15) is 0 Å². The third kappa shape index (κ3) is 9.09. The Morgan fingerprint density at radius 3 is 0.821 bits per heavy atom. The van der Waals surface area contributed by atoms with E-state index in [2.05, 4.69) is 176 Å². The van der Waals surface area contributed by atoms with Crippen LogP contribution in [0.1, 0.15) is 0 Å². The molecule has 0 unspecified atom stereocenters. The van der Waals surface area contributed by atoms with Gasteiger partial charge < -0.3 is 0 Å². The first-order chi connectivity index (χ1) is 19.4. The Morgan fingerprint density at radius 1 is 0.333 bits per heavy atom. The summed E-state index contributed by atoms with van der Waals surface area (Å²) in [6, 6.07) is 56.5. The zero-order valence-electron chi connectivity index (χ0n) is 22.0. The third-order valence-electron chi connectivity index (χ3n) is 7.02. The quantitative estimate of drug-likeness (QED) is 0.109. The molecule has 0 fully saturated rings.